The predicted molar refractivity (Wildman–Crippen MR) is 127 cm³/mol. The Labute approximate surface area is 187 Å². The summed E-state index contributed by atoms with van der Waals surface area (Å²) in [6.07, 6.45) is 7.68. The number of fused-ring (bicyclic) bond motifs is 1. The molecule has 0 aromatic heterocycles. The summed E-state index contributed by atoms with van der Waals surface area (Å²) in [4.78, 5) is 13.3. The Morgan fingerprint density at radius 3 is 2.53 bits per heavy atom. The van der Waals surface area contributed by atoms with Gasteiger partial charge in [-0.25, -0.2) is 0 Å². The van der Waals surface area contributed by atoms with Crippen molar-refractivity contribution in [1.82, 2.24) is 10.2 Å². The highest BCUT2D eigenvalue weighted by atomic mass is 32.1. The second-order valence-electron chi connectivity index (χ2n) is 10.7. The van der Waals surface area contributed by atoms with E-state index in [9.17, 15) is 4.79 Å². The fourth-order valence-electron chi connectivity index (χ4n) is 5.31. The molecule has 1 aromatic rings. The number of methoxy groups -OCH3 is 1. The van der Waals surface area contributed by atoms with Crippen LogP contribution in [0.15, 0.2) is 18.2 Å². The van der Waals surface area contributed by atoms with E-state index in [0.29, 0.717) is 11.2 Å². The van der Waals surface area contributed by atoms with Gasteiger partial charge in [-0.05, 0) is 92.1 Å². The molecule has 0 aliphatic heterocycles. The van der Waals surface area contributed by atoms with E-state index in [1.54, 1.807) is 4.90 Å². The number of nitrogens with one attached hydrogen (secondary N) is 1. The maximum absolute atomic E-state index is 11.6. The monoisotopic (exact) mass is 430 g/mol. The van der Waals surface area contributed by atoms with Gasteiger partial charge < -0.3 is 10.1 Å². The Balaban J connectivity index is 1.94. The first-order chi connectivity index (χ1) is 14.1. The van der Waals surface area contributed by atoms with E-state index in [2.05, 4.69) is 44.3 Å². The van der Waals surface area contributed by atoms with Crippen LogP contribution in [-0.2, 0) is 22.4 Å². The Bertz CT molecular complexity index is 776. The molecule has 30 heavy (non-hydrogen) atoms. The van der Waals surface area contributed by atoms with E-state index in [1.807, 2.05) is 21.0 Å². The van der Waals surface area contributed by atoms with Crippen LogP contribution in [0, 0.1) is 10.8 Å². The zero-order chi connectivity index (χ0) is 22.1. The molecule has 1 N–H and O–H groups in total. The van der Waals surface area contributed by atoms with E-state index >= 15 is 0 Å². The smallest absolute Gasteiger partial charge is 0.216 e. The number of hydrogen-bond acceptors (Lipinski definition) is 3. The van der Waals surface area contributed by atoms with Gasteiger partial charge in [0.15, 0.2) is 5.11 Å². The fraction of sp³-hybridized carbons (Fsp3) is 0.680. The molecule has 0 saturated heterocycles. The lowest BCUT2D eigenvalue weighted by atomic mass is 9.68. The standard InChI is InChI=1S/C25H38N2O2S/c1-17(2)27(16-28)23(30)26-22-21-13-18(14-24(3,4)5)7-8-19(21)15-25(22)11-9-20(29-6)10-12-25/h7-8,13,16-17,20,22H,9-12,14-15H2,1-6H3,(H,26,30)/t20-,22?,25-. The highest BCUT2D eigenvalue weighted by Gasteiger charge is 2.48. The maximum Gasteiger partial charge on any atom is 0.216 e. The van der Waals surface area contributed by atoms with Crippen LogP contribution >= 0.6 is 12.2 Å². The quantitative estimate of drug-likeness (QED) is 0.516. The molecule has 1 unspecified atom stereocenters. The highest BCUT2D eigenvalue weighted by Crippen LogP contribution is 2.54. The second-order valence-corrected chi connectivity index (χ2v) is 11.1. The number of carbonyl (C=O) groups excluding carboxylic acids is 1. The second kappa shape index (κ2) is 8.96. The molecular formula is C25H38N2O2S. The molecule has 0 heterocycles. The SMILES string of the molecule is CO[C@H]1CC[C@]2(CC1)Cc1ccc(CC(C)(C)C)cc1C2NC(=S)N(C=O)C(C)C. The lowest BCUT2D eigenvalue weighted by Crippen LogP contribution is -2.48. The third-order valence-electron chi connectivity index (χ3n) is 6.84. The van der Waals surface area contributed by atoms with Gasteiger partial charge in [0.05, 0.1) is 12.1 Å². The number of benzene rings is 1. The van der Waals surface area contributed by atoms with Crippen molar-refractivity contribution < 1.29 is 9.53 Å². The number of ether oxygens (including phenoxy) is 1. The molecule has 1 spiro atoms. The molecule has 4 nitrogen and oxygen atoms in total. The number of rotatable bonds is 5. The molecule has 1 aromatic carbocycles. The number of carbonyl (C=O) groups is 1. The minimum atomic E-state index is 0.0378. The summed E-state index contributed by atoms with van der Waals surface area (Å²) in [6, 6.07) is 7.18. The van der Waals surface area contributed by atoms with Gasteiger partial charge in [-0.15, -0.1) is 0 Å². The van der Waals surface area contributed by atoms with Crippen molar-refractivity contribution in [3.63, 3.8) is 0 Å². The van der Waals surface area contributed by atoms with Gasteiger partial charge in [0.1, 0.15) is 0 Å². The number of amides is 1. The molecule has 2 aliphatic rings. The van der Waals surface area contributed by atoms with Gasteiger partial charge in [0.2, 0.25) is 6.41 Å². The Morgan fingerprint density at radius 2 is 2.00 bits per heavy atom. The molecule has 2 aliphatic carbocycles. The van der Waals surface area contributed by atoms with Crippen molar-refractivity contribution in [2.45, 2.75) is 91.3 Å². The van der Waals surface area contributed by atoms with Crippen molar-refractivity contribution in [2.24, 2.45) is 10.8 Å². The minimum Gasteiger partial charge on any atom is -0.381 e. The van der Waals surface area contributed by atoms with Crippen LogP contribution in [0.25, 0.3) is 0 Å². The first-order valence-corrected chi connectivity index (χ1v) is 11.7. The van der Waals surface area contributed by atoms with E-state index < -0.39 is 0 Å². The third-order valence-corrected chi connectivity index (χ3v) is 7.17. The molecule has 1 amide bonds. The Kier molecular flexibility index (Phi) is 6.93. The predicted octanol–water partition coefficient (Wildman–Crippen LogP) is 5.19. The van der Waals surface area contributed by atoms with Crippen molar-refractivity contribution in [1.29, 1.82) is 0 Å². The molecular weight excluding hydrogens is 392 g/mol. The van der Waals surface area contributed by atoms with Gasteiger partial charge in [-0.2, -0.15) is 0 Å². The maximum atomic E-state index is 11.6. The molecule has 166 valence electrons. The van der Waals surface area contributed by atoms with Crippen molar-refractivity contribution >= 4 is 23.7 Å². The largest absolute Gasteiger partial charge is 0.381 e. The van der Waals surface area contributed by atoms with Gasteiger partial charge in [0.25, 0.3) is 0 Å². The van der Waals surface area contributed by atoms with Gasteiger partial charge in [0, 0.05) is 13.2 Å². The van der Waals surface area contributed by atoms with Gasteiger partial charge in [-0.1, -0.05) is 39.0 Å². The topological polar surface area (TPSA) is 41.6 Å². The van der Waals surface area contributed by atoms with E-state index in [1.165, 1.54) is 16.7 Å². The molecule has 1 saturated carbocycles. The number of nitrogens with zero attached hydrogens (tertiary/aromatic N) is 1. The van der Waals surface area contributed by atoms with E-state index in [-0.39, 0.29) is 22.9 Å². The average Bonchev–Trinajstić information content (AvgIpc) is 2.94. The lowest BCUT2D eigenvalue weighted by molar-refractivity contribution is -0.115. The molecule has 0 radical (unpaired) electrons. The number of hydrogen-bond donors (Lipinski definition) is 1. The van der Waals surface area contributed by atoms with E-state index in [0.717, 1.165) is 44.9 Å². The third kappa shape index (κ3) is 4.88. The summed E-state index contributed by atoms with van der Waals surface area (Å²) < 4.78 is 5.65. The van der Waals surface area contributed by atoms with Crippen molar-refractivity contribution in [3.8, 4) is 0 Å². The lowest BCUT2D eigenvalue weighted by Gasteiger charge is -2.43. The van der Waals surface area contributed by atoms with Crippen LogP contribution in [0.5, 0.6) is 0 Å². The minimum absolute atomic E-state index is 0.0378. The molecule has 0 bridgehead atoms. The zero-order valence-corrected chi connectivity index (χ0v) is 20.3. The summed E-state index contributed by atoms with van der Waals surface area (Å²) in [7, 11) is 1.82. The summed E-state index contributed by atoms with van der Waals surface area (Å²) >= 11 is 5.69. The summed E-state index contributed by atoms with van der Waals surface area (Å²) in [6.45, 7) is 10.8. The van der Waals surface area contributed by atoms with Crippen molar-refractivity contribution in [2.75, 3.05) is 7.11 Å². The zero-order valence-electron chi connectivity index (χ0n) is 19.5. The van der Waals surface area contributed by atoms with Crippen LogP contribution in [0.2, 0.25) is 0 Å². The Hall–Kier alpha value is -1.46. The van der Waals surface area contributed by atoms with Crippen LogP contribution in [-0.4, -0.2) is 35.7 Å². The highest BCUT2D eigenvalue weighted by molar-refractivity contribution is 7.80. The molecule has 3 rings (SSSR count). The average molecular weight is 431 g/mol. The molecule has 1 atom stereocenters. The first-order valence-electron chi connectivity index (χ1n) is 11.3. The normalized spacial score (nSPS) is 26.0. The van der Waals surface area contributed by atoms with Gasteiger partial charge in [-0.3, -0.25) is 9.69 Å². The van der Waals surface area contributed by atoms with Crippen LogP contribution < -0.4 is 5.32 Å². The number of thiocarbonyl (C=S) groups is 1. The summed E-state index contributed by atoms with van der Waals surface area (Å²) in [5.41, 5.74) is 4.53. The van der Waals surface area contributed by atoms with Crippen LogP contribution in [0.3, 0.4) is 0 Å². The van der Waals surface area contributed by atoms with Crippen LogP contribution in [0.1, 0.15) is 83.0 Å². The van der Waals surface area contributed by atoms with Crippen LogP contribution in [0.4, 0.5) is 0 Å². The molecule has 1 fully saturated rings. The Morgan fingerprint density at radius 1 is 1.33 bits per heavy atom. The fourth-order valence-corrected chi connectivity index (χ4v) is 5.68. The van der Waals surface area contributed by atoms with E-state index in [4.69, 9.17) is 17.0 Å². The first kappa shape index (κ1) is 23.2. The van der Waals surface area contributed by atoms with Crippen molar-refractivity contribution in [3.05, 3.63) is 34.9 Å². The summed E-state index contributed by atoms with van der Waals surface area (Å²) in [5.74, 6) is 0. The molecule has 5 heteroatoms. The summed E-state index contributed by atoms with van der Waals surface area (Å²) in [5, 5.41) is 4.17. The van der Waals surface area contributed by atoms with Gasteiger partial charge >= 0.3 is 0 Å².